The predicted molar refractivity (Wildman–Crippen MR) is 74.9 cm³/mol. The Hall–Kier alpha value is -1.10. The fourth-order valence-corrected chi connectivity index (χ4v) is 1.88. The first-order valence-electron chi connectivity index (χ1n) is 6.14. The number of carboxylic acid groups (broad SMARTS) is 1. The molecule has 0 saturated carbocycles. The average Bonchev–Trinajstić information content (AvgIpc) is 2.31. The molecule has 19 heavy (non-hydrogen) atoms. The van der Waals surface area contributed by atoms with Crippen LogP contribution in [0.25, 0.3) is 0 Å². The van der Waals surface area contributed by atoms with Crippen LogP contribution in [0.15, 0.2) is 22.7 Å². The van der Waals surface area contributed by atoms with E-state index in [4.69, 9.17) is 9.84 Å². The minimum absolute atomic E-state index is 0.223. The summed E-state index contributed by atoms with van der Waals surface area (Å²) < 4.78 is 19.4. The molecule has 0 aliphatic heterocycles. The van der Waals surface area contributed by atoms with Crippen LogP contribution in [0.3, 0.4) is 0 Å². The Morgan fingerprint density at radius 2 is 2.11 bits per heavy atom. The Morgan fingerprint density at radius 3 is 2.68 bits per heavy atom. The summed E-state index contributed by atoms with van der Waals surface area (Å²) in [7, 11) is 0. The highest BCUT2D eigenvalue weighted by molar-refractivity contribution is 9.10. The summed E-state index contributed by atoms with van der Waals surface area (Å²) in [6, 6.07) is 4.63. The molecule has 0 unspecified atom stereocenters. The topological polar surface area (TPSA) is 46.5 Å². The van der Waals surface area contributed by atoms with Crippen LogP contribution in [-0.4, -0.2) is 17.7 Å². The van der Waals surface area contributed by atoms with Gasteiger partial charge < -0.3 is 9.84 Å². The second-order valence-electron chi connectivity index (χ2n) is 5.07. The molecule has 0 amide bonds. The summed E-state index contributed by atoms with van der Waals surface area (Å²) in [5, 5.41) is 8.95. The standard InChI is InChI=1S/C14H18BrFO3/c1-14(2,13(17)18)7-3-4-8-19-12-6-5-10(15)9-11(12)16/h5-6,9H,3-4,7-8H2,1-2H3,(H,17,18). The monoisotopic (exact) mass is 332 g/mol. The fourth-order valence-electron chi connectivity index (χ4n) is 1.55. The van der Waals surface area contributed by atoms with E-state index < -0.39 is 17.2 Å². The number of halogens is 2. The quantitative estimate of drug-likeness (QED) is 0.759. The molecule has 1 N–H and O–H groups in total. The van der Waals surface area contributed by atoms with Gasteiger partial charge in [-0.1, -0.05) is 15.9 Å². The van der Waals surface area contributed by atoms with Crippen LogP contribution in [0, 0.1) is 11.2 Å². The van der Waals surface area contributed by atoms with Crippen LogP contribution in [0.2, 0.25) is 0 Å². The number of unbranched alkanes of at least 4 members (excludes halogenated alkanes) is 1. The van der Waals surface area contributed by atoms with Gasteiger partial charge in [0.05, 0.1) is 12.0 Å². The first-order valence-corrected chi connectivity index (χ1v) is 6.93. The number of benzene rings is 1. The van der Waals surface area contributed by atoms with E-state index in [9.17, 15) is 9.18 Å². The van der Waals surface area contributed by atoms with E-state index in [0.717, 1.165) is 6.42 Å². The lowest BCUT2D eigenvalue weighted by molar-refractivity contribution is -0.147. The van der Waals surface area contributed by atoms with Gasteiger partial charge in [0.15, 0.2) is 11.6 Å². The van der Waals surface area contributed by atoms with Crippen LogP contribution < -0.4 is 4.74 Å². The van der Waals surface area contributed by atoms with Gasteiger partial charge in [-0.25, -0.2) is 4.39 Å². The average molecular weight is 333 g/mol. The molecule has 3 nitrogen and oxygen atoms in total. The molecule has 5 heteroatoms. The van der Waals surface area contributed by atoms with Crippen molar-refractivity contribution in [1.29, 1.82) is 0 Å². The molecule has 0 saturated heterocycles. The SMILES string of the molecule is CC(C)(CCCCOc1ccc(Br)cc1F)C(=O)O. The van der Waals surface area contributed by atoms with Crippen LogP contribution in [0.4, 0.5) is 4.39 Å². The third kappa shape index (κ3) is 5.19. The molecule has 0 atom stereocenters. The largest absolute Gasteiger partial charge is 0.491 e. The smallest absolute Gasteiger partial charge is 0.309 e. The molecular weight excluding hydrogens is 315 g/mol. The maximum atomic E-state index is 13.4. The van der Waals surface area contributed by atoms with Crippen molar-refractivity contribution in [3.63, 3.8) is 0 Å². The lowest BCUT2D eigenvalue weighted by Gasteiger charge is -2.18. The van der Waals surface area contributed by atoms with Gasteiger partial charge in [0.1, 0.15) is 0 Å². The Labute approximate surface area is 120 Å². The van der Waals surface area contributed by atoms with E-state index in [1.807, 2.05) is 0 Å². The van der Waals surface area contributed by atoms with Gasteiger partial charge in [-0.05, 0) is 51.3 Å². The summed E-state index contributed by atoms with van der Waals surface area (Å²) in [6.07, 6.45) is 2.01. The van der Waals surface area contributed by atoms with Crippen molar-refractivity contribution < 1.29 is 19.0 Å². The van der Waals surface area contributed by atoms with Crippen LogP contribution in [-0.2, 0) is 4.79 Å². The number of carbonyl (C=O) groups is 1. The zero-order valence-corrected chi connectivity index (χ0v) is 12.7. The summed E-state index contributed by atoms with van der Waals surface area (Å²) in [5.41, 5.74) is -0.719. The maximum absolute atomic E-state index is 13.4. The molecule has 0 aliphatic rings. The van der Waals surface area contributed by atoms with E-state index in [2.05, 4.69) is 15.9 Å². The number of carboxylic acids is 1. The summed E-state index contributed by atoms with van der Waals surface area (Å²) in [4.78, 5) is 10.9. The predicted octanol–water partition coefficient (Wildman–Crippen LogP) is 4.25. The molecule has 1 aromatic rings. The number of hydrogen-bond donors (Lipinski definition) is 1. The molecule has 1 rings (SSSR count). The van der Waals surface area contributed by atoms with Crippen molar-refractivity contribution in [2.24, 2.45) is 5.41 Å². The van der Waals surface area contributed by atoms with Crippen molar-refractivity contribution in [3.05, 3.63) is 28.5 Å². The Morgan fingerprint density at radius 1 is 1.42 bits per heavy atom. The Bertz CT molecular complexity index is 446. The maximum Gasteiger partial charge on any atom is 0.309 e. The van der Waals surface area contributed by atoms with Crippen LogP contribution in [0.5, 0.6) is 5.75 Å². The molecular formula is C14H18BrFO3. The highest BCUT2D eigenvalue weighted by atomic mass is 79.9. The van der Waals surface area contributed by atoms with Crippen molar-refractivity contribution in [1.82, 2.24) is 0 Å². The van der Waals surface area contributed by atoms with E-state index in [1.165, 1.54) is 6.07 Å². The molecule has 0 bridgehead atoms. The molecule has 0 heterocycles. The first-order chi connectivity index (χ1) is 8.83. The summed E-state index contributed by atoms with van der Waals surface area (Å²) >= 11 is 3.17. The van der Waals surface area contributed by atoms with Gasteiger partial charge in [0, 0.05) is 4.47 Å². The fraction of sp³-hybridized carbons (Fsp3) is 0.500. The van der Waals surface area contributed by atoms with Crippen molar-refractivity contribution >= 4 is 21.9 Å². The van der Waals surface area contributed by atoms with Crippen molar-refractivity contribution in [3.8, 4) is 5.75 Å². The normalized spacial score (nSPS) is 11.4. The molecule has 0 aromatic heterocycles. The van der Waals surface area contributed by atoms with Gasteiger partial charge >= 0.3 is 5.97 Å². The zero-order chi connectivity index (χ0) is 14.5. The molecule has 0 fully saturated rings. The number of hydrogen-bond acceptors (Lipinski definition) is 2. The second-order valence-corrected chi connectivity index (χ2v) is 5.99. The van der Waals surface area contributed by atoms with Gasteiger partial charge in [-0.3, -0.25) is 4.79 Å². The van der Waals surface area contributed by atoms with Crippen LogP contribution in [0.1, 0.15) is 33.1 Å². The van der Waals surface area contributed by atoms with Gasteiger partial charge in [-0.15, -0.1) is 0 Å². The van der Waals surface area contributed by atoms with Gasteiger partial charge in [0.2, 0.25) is 0 Å². The lowest BCUT2D eigenvalue weighted by atomic mass is 9.87. The summed E-state index contributed by atoms with van der Waals surface area (Å²) in [6.45, 7) is 3.78. The van der Waals surface area contributed by atoms with E-state index in [1.54, 1.807) is 26.0 Å². The Kier molecular flexibility index (Phi) is 5.79. The Balaban J connectivity index is 2.30. The number of aliphatic carboxylic acids is 1. The minimum Gasteiger partial charge on any atom is -0.491 e. The highest BCUT2D eigenvalue weighted by Crippen LogP contribution is 2.24. The van der Waals surface area contributed by atoms with E-state index in [0.29, 0.717) is 23.9 Å². The number of rotatable bonds is 7. The van der Waals surface area contributed by atoms with Crippen molar-refractivity contribution in [2.75, 3.05) is 6.61 Å². The summed E-state index contributed by atoms with van der Waals surface area (Å²) in [5.74, 6) is -0.978. The lowest BCUT2D eigenvalue weighted by Crippen LogP contribution is -2.23. The molecule has 0 aliphatic carbocycles. The highest BCUT2D eigenvalue weighted by Gasteiger charge is 2.25. The molecule has 1 aromatic carbocycles. The third-order valence-corrected chi connectivity index (χ3v) is 3.42. The first kappa shape index (κ1) is 16.0. The van der Waals surface area contributed by atoms with E-state index >= 15 is 0 Å². The van der Waals surface area contributed by atoms with Crippen LogP contribution >= 0.6 is 15.9 Å². The van der Waals surface area contributed by atoms with Crippen molar-refractivity contribution in [2.45, 2.75) is 33.1 Å². The second kappa shape index (κ2) is 6.89. The zero-order valence-electron chi connectivity index (χ0n) is 11.1. The van der Waals surface area contributed by atoms with E-state index in [-0.39, 0.29) is 5.75 Å². The minimum atomic E-state index is -0.799. The molecule has 0 radical (unpaired) electrons. The van der Waals surface area contributed by atoms with Gasteiger partial charge in [-0.2, -0.15) is 0 Å². The molecule has 106 valence electrons. The molecule has 0 spiro atoms. The van der Waals surface area contributed by atoms with Gasteiger partial charge in [0.25, 0.3) is 0 Å². The number of ether oxygens (including phenoxy) is 1. The third-order valence-electron chi connectivity index (χ3n) is 2.93.